The van der Waals surface area contributed by atoms with E-state index in [-0.39, 0.29) is 68.0 Å². The summed E-state index contributed by atoms with van der Waals surface area (Å²) in [4.78, 5) is 106. The molecule has 2 N–H and O–H groups in total. The van der Waals surface area contributed by atoms with Crippen molar-refractivity contribution >= 4 is 57.6 Å². The molecule has 1 heterocycles. The number of amidine groups is 1. The molecule has 2 aromatic rings. The molecule has 0 saturated carbocycles. The Kier molecular flexibility index (Phi) is 25.2. The van der Waals surface area contributed by atoms with Gasteiger partial charge in [-0.15, -0.1) is 0 Å². The summed E-state index contributed by atoms with van der Waals surface area (Å²) in [5.41, 5.74) is 1.34. The number of ether oxygens (including phenoxy) is 4. The first-order valence-electron chi connectivity index (χ1n) is 24.8. The molecule has 19 nitrogen and oxygen atoms in total. The van der Waals surface area contributed by atoms with Crippen LogP contribution < -0.4 is 0 Å². The molecule has 1 aliphatic rings. The Hall–Kier alpha value is -5.89. The summed E-state index contributed by atoms with van der Waals surface area (Å²) in [6.45, 7) is 17.8. The number of carbonyl (C=O) groups is 7. The minimum absolute atomic E-state index is 0.0501. The van der Waals surface area contributed by atoms with Crippen LogP contribution in [-0.2, 0) is 75.5 Å². The van der Waals surface area contributed by atoms with E-state index in [2.05, 4.69) is 0 Å². The molecule has 3 amide bonds. The van der Waals surface area contributed by atoms with Crippen LogP contribution in [0.1, 0.15) is 106 Å². The van der Waals surface area contributed by atoms with Gasteiger partial charge in [0, 0.05) is 41.0 Å². The molecule has 8 atom stereocenters. The summed E-state index contributed by atoms with van der Waals surface area (Å²) in [5, 5.41) is 9.22. The van der Waals surface area contributed by atoms with Gasteiger partial charge in [-0.25, -0.2) is 19.2 Å². The first kappa shape index (κ1) is 63.2. The van der Waals surface area contributed by atoms with E-state index < -0.39 is 100 Å². The van der Waals surface area contributed by atoms with Crippen molar-refractivity contribution in [1.82, 2.24) is 19.6 Å². The zero-order valence-electron chi connectivity index (χ0n) is 45.4. The Balaban J connectivity index is 0.00000347. The van der Waals surface area contributed by atoms with Crippen molar-refractivity contribution in [1.29, 1.82) is 5.41 Å². The van der Waals surface area contributed by atoms with Gasteiger partial charge in [0.15, 0.2) is 24.4 Å². The van der Waals surface area contributed by atoms with Gasteiger partial charge in [0.25, 0.3) is 27.8 Å². The largest absolute Gasteiger partial charge is 0.453 e. The number of nitrogens with zero attached hydrogens (tertiary/aromatic N) is 4. The van der Waals surface area contributed by atoms with Gasteiger partial charge in [0.2, 0.25) is 0 Å². The number of carbonyl (C=O) groups excluding carboxylic acids is 7. The van der Waals surface area contributed by atoms with E-state index in [0.717, 1.165) is 4.90 Å². The highest BCUT2D eigenvalue weighted by Crippen LogP contribution is 2.24. The third kappa shape index (κ3) is 20.9. The minimum Gasteiger partial charge on any atom is -0.453 e. The van der Waals surface area contributed by atoms with Crippen molar-refractivity contribution < 1.29 is 65.5 Å². The van der Waals surface area contributed by atoms with Crippen molar-refractivity contribution in [2.45, 2.75) is 156 Å². The second kappa shape index (κ2) is 29.1. The van der Waals surface area contributed by atoms with Crippen LogP contribution in [0, 0.1) is 29.1 Å². The monoisotopic (exact) mass is 1040 g/mol. The highest BCUT2D eigenvalue weighted by atomic mass is 32.2. The van der Waals surface area contributed by atoms with Gasteiger partial charge in [-0.2, -0.15) is 8.42 Å². The molecular formula is C53H81N5O14S. The first-order chi connectivity index (χ1) is 33.8. The second-order valence-corrected chi connectivity index (χ2v) is 22.0. The van der Waals surface area contributed by atoms with Crippen LogP contribution >= 0.6 is 0 Å². The lowest BCUT2D eigenvalue weighted by Crippen LogP contribution is -2.54. The standard InChI is InChI=1S/C52H77N5O11.CH4O3S/c1-31(2)25-39-51(63)67-43(29-37-21-17-15-18-22-37)47(59)57(14)41(27-33(5)6)50(62)66-36(10)46(58)55(12)42(28-34(7)8)52(64)68-44(30-38-23-19-16-20-24-38)48(60)56(13)40(26-32(3)4)49(61)65-35(9)45(53)54(39)11;1-5(2,3)4/h15-24,31-36,39-44,53H,25-30H2,1-14H3;1H3,(H,2,3,4)/t35?,36?,39-,40-,41-,42-,43?,44?;/m0./s1. The summed E-state index contributed by atoms with van der Waals surface area (Å²) in [7, 11) is 2.08. The van der Waals surface area contributed by atoms with Gasteiger partial charge in [-0.05, 0) is 74.3 Å². The topological polar surface area (TPSA) is 248 Å². The summed E-state index contributed by atoms with van der Waals surface area (Å²) < 4.78 is 49.8. The summed E-state index contributed by atoms with van der Waals surface area (Å²) >= 11 is 0. The number of amides is 3. The highest BCUT2D eigenvalue weighted by Gasteiger charge is 2.42. The molecule has 1 aliphatic heterocycles. The van der Waals surface area contributed by atoms with Crippen LogP contribution in [0.15, 0.2) is 60.7 Å². The maximum Gasteiger partial charge on any atom is 0.329 e. The lowest BCUT2D eigenvalue weighted by Gasteiger charge is -2.36. The second-order valence-electron chi connectivity index (χ2n) is 20.5. The van der Waals surface area contributed by atoms with Crippen molar-refractivity contribution in [3.63, 3.8) is 0 Å². The van der Waals surface area contributed by atoms with Crippen LogP contribution in [0.2, 0.25) is 0 Å². The average molecular weight is 1040 g/mol. The number of hydrogen-bond donors (Lipinski definition) is 2. The van der Waals surface area contributed by atoms with E-state index in [1.54, 1.807) is 54.6 Å². The zero-order chi connectivity index (χ0) is 55.7. The summed E-state index contributed by atoms with van der Waals surface area (Å²) in [5.74, 6) is -6.25. The summed E-state index contributed by atoms with van der Waals surface area (Å²) in [6, 6.07) is 13.1. The van der Waals surface area contributed by atoms with E-state index in [4.69, 9.17) is 23.5 Å². The SMILES string of the molecule is CC(C)C[C@H]1C(=O)OC(Cc2ccccc2)C(=O)N(C)[C@@H](CC(C)C)C(=O)OC(C)C(=O)N(C)[C@@H](CC(C)C)C(=O)OC(Cc2ccccc2)C(=O)N(C)[C@@H](CC(C)C)C(=O)OC(C)C(=N)N1C.CS(=O)(=O)O. The normalized spacial score (nSPS) is 24.3. The predicted octanol–water partition coefficient (Wildman–Crippen LogP) is 5.62. The number of cyclic esters (lactones) is 4. The van der Waals surface area contributed by atoms with Crippen LogP contribution in [0.3, 0.4) is 0 Å². The molecule has 0 radical (unpaired) electrons. The molecular weight excluding hydrogens is 963 g/mol. The van der Waals surface area contributed by atoms with Crippen LogP contribution in [-0.4, -0.2) is 163 Å². The van der Waals surface area contributed by atoms with E-state index in [1.807, 2.05) is 61.5 Å². The number of nitrogens with one attached hydrogen (secondary N) is 1. The highest BCUT2D eigenvalue weighted by molar-refractivity contribution is 7.85. The first-order valence-corrected chi connectivity index (χ1v) is 26.6. The Morgan fingerprint density at radius 3 is 1.04 bits per heavy atom. The van der Waals surface area contributed by atoms with Gasteiger partial charge in [0.05, 0.1) is 6.26 Å². The smallest absolute Gasteiger partial charge is 0.329 e. The molecule has 0 bridgehead atoms. The molecule has 2 aromatic carbocycles. The molecule has 0 aromatic heterocycles. The van der Waals surface area contributed by atoms with E-state index in [9.17, 15) is 47.4 Å². The Bertz CT molecular complexity index is 2110. The van der Waals surface area contributed by atoms with E-state index in [0.29, 0.717) is 17.4 Å². The number of esters is 4. The molecule has 0 aliphatic carbocycles. The molecule has 4 unspecified atom stereocenters. The van der Waals surface area contributed by atoms with Crippen molar-refractivity contribution in [3.8, 4) is 0 Å². The van der Waals surface area contributed by atoms with Gasteiger partial charge in [-0.3, -0.25) is 24.3 Å². The molecule has 1 saturated heterocycles. The van der Waals surface area contributed by atoms with Crippen molar-refractivity contribution in [2.24, 2.45) is 23.7 Å². The number of benzene rings is 2. The third-order valence-corrected chi connectivity index (χ3v) is 12.1. The van der Waals surface area contributed by atoms with Gasteiger partial charge in [0.1, 0.15) is 30.0 Å². The fraction of sp³-hybridized carbons (Fsp3) is 0.623. The molecule has 3 rings (SSSR count). The van der Waals surface area contributed by atoms with E-state index in [1.165, 1.54) is 56.7 Å². The lowest BCUT2D eigenvalue weighted by molar-refractivity contribution is -0.174. The maximum absolute atomic E-state index is 14.7. The molecule has 73 heavy (non-hydrogen) atoms. The zero-order valence-corrected chi connectivity index (χ0v) is 46.2. The van der Waals surface area contributed by atoms with Crippen LogP contribution in [0.4, 0.5) is 0 Å². The number of rotatable bonds is 12. The van der Waals surface area contributed by atoms with Gasteiger partial charge in [-0.1, -0.05) is 116 Å². The molecule has 408 valence electrons. The minimum atomic E-state index is -3.67. The lowest BCUT2D eigenvalue weighted by atomic mass is 10.00. The van der Waals surface area contributed by atoms with Gasteiger partial charge >= 0.3 is 23.9 Å². The Morgan fingerprint density at radius 2 is 0.740 bits per heavy atom. The molecule has 0 spiro atoms. The Morgan fingerprint density at radius 1 is 0.479 bits per heavy atom. The average Bonchev–Trinajstić information content (AvgIpc) is 3.30. The predicted molar refractivity (Wildman–Crippen MR) is 275 cm³/mol. The van der Waals surface area contributed by atoms with Crippen molar-refractivity contribution in [2.75, 3.05) is 34.4 Å². The van der Waals surface area contributed by atoms with Crippen LogP contribution in [0.25, 0.3) is 0 Å². The quantitative estimate of drug-likeness (QED) is 0.149. The maximum atomic E-state index is 14.7. The number of likely N-dealkylation sites (N-methyl/N-ethyl adjacent to an activating group) is 4. The molecule has 20 heteroatoms. The Labute approximate surface area is 432 Å². The fourth-order valence-electron chi connectivity index (χ4n) is 8.16. The third-order valence-electron chi connectivity index (χ3n) is 12.1. The van der Waals surface area contributed by atoms with Crippen molar-refractivity contribution in [3.05, 3.63) is 71.8 Å². The van der Waals surface area contributed by atoms with Gasteiger partial charge < -0.3 is 38.5 Å². The van der Waals surface area contributed by atoms with E-state index >= 15 is 0 Å². The van der Waals surface area contributed by atoms with Crippen LogP contribution in [0.5, 0.6) is 0 Å². The summed E-state index contributed by atoms with van der Waals surface area (Å²) in [6.07, 6.45) is -4.34. The fourth-order valence-corrected chi connectivity index (χ4v) is 8.16. The number of hydrogen-bond acceptors (Lipinski definition) is 14. The molecule has 1 fully saturated rings.